The fourth-order valence-corrected chi connectivity index (χ4v) is 2.82. The Morgan fingerprint density at radius 1 is 1.59 bits per heavy atom. The summed E-state index contributed by atoms with van der Waals surface area (Å²) in [7, 11) is 1.83. The topological polar surface area (TPSA) is 38.1 Å². The average Bonchev–Trinajstić information content (AvgIpc) is 2.95. The minimum Gasteiger partial charge on any atom is -0.333 e. The van der Waals surface area contributed by atoms with Crippen LogP contribution >= 0.6 is 15.9 Å². The molecule has 94 valence electrons. The Kier molecular flexibility index (Phi) is 4.20. The molecular formula is C12H18BrN3O. The zero-order valence-corrected chi connectivity index (χ0v) is 11.7. The van der Waals surface area contributed by atoms with Gasteiger partial charge in [0.25, 0.3) is 5.91 Å². The summed E-state index contributed by atoms with van der Waals surface area (Å²) in [6.45, 7) is 0.764. The molecule has 4 nitrogen and oxygen atoms in total. The Labute approximate surface area is 110 Å². The fourth-order valence-electron chi connectivity index (χ4n) is 2.43. The third-order valence-corrected chi connectivity index (χ3v) is 3.64. The van der Waals surface area contributed by atoms with Gasteiger partial charge in [-0.3, -0.25) is 9.48 Å². The van der Waals surface area contributed by atoms with E-state index < -0.39 is 0 Å². The maximum atomic E-state index is 12.4. The lowest BCUT2D eigenvalue weighted by molar-refractivity contribution is 0.0689. The van der Waals surface area contributed by atoms with Crippen LogP contribution in [0.1, 0.15) is 36.2 Å². The van der Waals surface area contributed by atoms with Gasteiger partial charge in [0.05, 0.1) is 0 Å². The van der Waals surface area contributed by atoms with Crippen LogP contribution in [-0.2, 0) is 7.05 Å². The Morgan fingerprint density at radius 3 is 2.82 bits per heavy atom. The minimum absolute atomic E-state index is 0.0666. The zero-order chi connectivity index (χ0) is 12.3. The van der Waals surface area contributed by atoms with Crippen LogP contribution in [0, 0.1) is 0 Å². The van der Waals surface area contributed by atoms with Crippen molar-refractivity contribution in [1.29, 1.82) is 0 Å². The molecule has 0 N–H and O–H groups in total. The first-order valence-corrected chi connectivity index (χ1v) is 7.21. The molecule has 1 amide bonds. The monoisotopic (exact) mass is 299 g/mol. The molecule has 1 aliphatic carbocycles. The predicted molar refractivity (Wildman–Crippen MR) is 70.3 cm³/mol. The molecule has 0 radical (unpaired) electrons. The van der Waals surface area contributed by atoms with Gasteiger partial charge in [0.1, 0.15) is 5.69 Å². The zero-order valence-electron chi connectivity index (χ0n) is 10.1. The number of aromatic nitrogens is 2. The standard InChI is InChI=1S/C12H18BrN3O/c1-15-8-6-11(14-15)12(17)16(9-7-13)10-4-2-3-5-10/h6,8,10H,2-5,7,9H2,1H3. The number of aryl methyl sites for hydroxylation is 1. The molecule has 0 aliphatic heterocycles. The average molecular weight is 300 g/mol. The van der Waals surface area contributed by atoms with Gasteiger partial charge in [-0.05, 0) is 18.9 Å². The third kappa shape index (κ3) is 2.89. The van der Waals surface area contributed by atoms with E-state index in [0.29, 0.717) is 11.7 Å². The highest BCUT2D eigenvalue weighted by Crippen LogP contribution is 2.24. The molecule has 0 spiro atoms. The first-order valence-electron chi connectivity index (χ1n) is 6.09. The van der Waals surface area contributed by atoms with E-state index in [9.17, 15) is 4.79 Å². The maximum absolute atomic E-state index is 12.4. The number of alkyl halides is 1. The number of amides is 1. The third-order valence-electron chi connectivity index (χ3n) is 3.28. The molecule has 0 aromatic carbocycles. The second kappa shape index (κ2) is 5.67. The van der Waals surface area contributed by atoms with Gasteiger partial charge in [0, 0.05) is 31.2 Å². The van der Waals surface area contributed by atoms with E-state index in [-0.39, 0.29) is 5.91 Å². The lowest BCUT2D eigenvalue weighted by Crippen LogP contribution is -2.40. The first-order chi connectivity index (χ1) is 8.22. The number of nitrogens with zero attached hydrogens (tertiary/aromatic N) is 3. The van der Waals surface area contributed by atoms with Gasteiger partial charge in [0.2, 0.25) is 0 Å². The summed E-state index contributed by atoms with van der Waals surface area (Å²) in [5.74, 6) is 0.0666. The fraction of sp³-hybridized carbons (Fsp3) is 0.667. The molecule has 1 aromatic heterocycles. The van der Waals surface area contributed by atoms with Gasteiger partial charge >= 0.3 is 0 Å². The van der Waals surface area contributed by atoms with Crippen LogP contribution in [0.25, 0.3) is 0 Å². The van der Waals surface area contributed by atoms with Crippen molar-refractivity contribution in [2.45, 2.75) is 31.7 Å². The van der Waals surface area contributed by atoms with Crippen molar-refractivity contribution in [3.05, 3.63) is 18.0 Å². The summed E-state index contributed by atoms with van der Waals surface area (Å²) >= 11 is 3.42. The maximum Gasteiger partial charge on any atom is 0.274 e. The van der Waals surface area contributed by atoms with Crippen LogP contribution in [0.4, 0.5) is 0 Å². The predicted octanol–water partition coefficient (Wildman–Crippen LogP) is 2.20. The Bertz CT molecular complexity index is 385. The van der Waals surface area contributed by atoms with E-state index in [0.717, 1.165) is 24.7 Å². The normalized spacial score (nSPS) is 16.4. The van der Waals surface area contributed by atoms with Crippen molar-refractivity contribution < 1.29 is 4.79 Å². The molecule has 1 aliphatic rings. The first kappa shape index (κ1) is 12.6. The Balaban J connectivity index is 2.12. The van der Waals surface area contributed by atoms with Crippen LogP contribution in [0.15, 0.2) is 12.3 Å². The van der Waals surface area contributed by atoms with Crippen LogP contribution in [0.5, 0.6) is 0 Å². The summed E-state index contributed by atoms with van der Waals surface area (Å²) in [5, 5.41) is 5.02. The molecule has 17 heavy (non-hydrogen) atoms. The van der Waals surface area contributed by atoms with Crippen LogP contribution in [0.3, 0.4) is 0 Å². The second-order valence-electron chi connectivity index (χ2n) is 4.50. The highest BCUT2D eigenvalue weighted by molar-refractivity contribution is 9.09. The molecule has 5 heteroatoms. The lowest BCUT2D eigenvalue weighted by Gasteiger charge is -2.27. The largest absolute Gasteiger partial charge is 0.333 e. The van der Waals surface area contributed by atoms with Crippen molar-refractivity contribution in [3.8, 4) is 0 Å². The Hall–Kier alpha value is -0.840. The minimum atomic E-state index is 0.0666. The smallest absolute Gasteiger partial charge is 0.274 e. The highest BCUT2D eigenvalue weighted by Gasteiger charge is 2.27. The Morgan fingerprint density at radius 2 is 2.29 bits per heavy atom. The van der Waals surface area contributed by atoms with Crippen molar-refractivity contribution in [2.75, 3.05) is 11.9 Å². The van der Waals surface area contributed by atoms with Gasteiger partial charge in [0.15, 0.2) is 0 Å². The van der Waals surface area contributed by atoms with Crippen LogP contribution < -0.4 is 0 Å². The van der Waals surface area contributed by atoms with Crippen LogP contribution in [0.2, 0.25) is 0 Å². The molecule has 1 saturated carbocycles. The van der Waals surface area contributed by atoms with E-state index in [1.54, 1.807) is 10.7 Å². The number of hydrogen-bond donors (Lipinski definition) is 0. The molecule has 0 atom stereocenters. The quantitative estimate of drug-likeness (QED) is 0.800. The summed E-state index contributed by atoms with van der Waals surface area (Å²) in [4.78, 5) is 14.3. The summed E-state index contributed by atoms with van der Waals surface area (Å²) in [5.41, 5.74) is 0.556. The number of carbonyl (C=O) groups excluding carboxylic acids is 1. The summed E-state index contributed by atoms with van der Waals surface area (Å²) in [6.07, 6.45) is 6.54. The van der Waals surface area contributed by atoms with E-state index in [1.165, 1.54) is 12.8 Å². The summed E-state index contributed by atoms with van der Waals surface area (Å²) < 4.78 is 1.67. The van der Waals surface area contributed by atoms with Crippen molar-refractivity contribution in [2.24, 2.45) is 7.05 Å². The van der Waals surface area contributed by atoms with E-state index in [2.05, 4.69) is 21.0 Å². The van der Waals surface area contributed by atoms with Gasteiger partial charge in [-0.15, -0.1) is 0 Å². The van der Waals surface area contributed by atoms with E-state index >= 15 is 0 Å². The van der Waals surface area contributed by atoms with Crippen molar-refractivity contribution in [3.63, 3.8) is 0 Å². The van der Waals surface area contributed by atoms with Gasteiger partial charge < -0.3 is 4.90 Å². The summed E-state index contributed by atoms with van der Waals surface area (Å²) in [6, 6.07) is 2.19. The molecular weight excluding hydrogens is 282 g/mol. The molecule has 2 rings (SSSR count). The highest BCUT2D eigenvalue weighted by atomic mass is 79.9. The molecule has 0 bridgehead atoms. The molecule has 0 saturated heterocycles. The number of carbonyl (C=O) groups is 1. The lowest BCUT2D eigenvalue weighted by atomic mass is 10.2. The number of halogens is 1. The van der Waals surface area contributed by atoms with Gasteiger partial charge in [-0.1, -0.05) is 28.8 Å². The van der Waals surface area contributed by atoms with Gasteiger partial charge in [-0.25, -0.2) is 0 Å². The second-order valence-corrected chi connectivity index (χ2v) is 5.29. The molecule has 1 aromatic rings. The number of rotatable bonds is 4. The van der Waals surface area contributed by atoms with E-state index in [1.807, 2.05) is 18.1 Å². The molecule has 1 heterocycles. The van der Waals surface area contributed by atoms with Crippen LogP contribution in [-0.4, -0.2) is 38.5 Å². The molecule has 1 fully saturated rings. The number of hydrogen-bond acceptors (Lipinski definition) is 2. The SMILES string of the molecule is Cn1ccc(C(=O)N(CCBr)C2CCCC2)n1. The van der Waals surface area contributed by atoms with Crippen molar-refractivity contribution >= 4 is 21.8 Å². The van der Waals surface area contributed by atoms with Gasteiger partial charge in [-0.2, -0.15) is 5.10 Å². The van der Waals surface area contributed by atoms with Crippen molar-refractivity contribution in [1.82, 2.24) is 14.7 Å². The molecule has 0 unspecified atom stereocenters. The van der Waals surface area contributed by atoms with E-state index in [4.69, 9.17) is 0 Å².